The van der Waals surface area contributed by atoms with Crippen LogP contribution in [0.3, 0.4) is 0 Å². The van der Waals surface area contributed by atoms with Crippen LogP contribution in [0.4, 0.5) is 0 Å². The summed E-state index contributed by atoms with van der Waals surface area (Å²) in [5.41, 5.74) is 2.58. The molecular formula is C19H25N3O2. The van der Waals surface area contributed by atoms with Gasteiger partial charge in [0.15, 0.2) is 0 Å². The topological polar surface area (TPSA) is 48.5 Å². The second-order valence-electron chi connectivity index (χ2n) is 6.04. The SMILES string of the molecule is C.COc1ccc(Cn2c(C)cn3c(C(C)C)ncc3c2=O)cc1. The number of aromatic nitrogens is 3. The molecule has 0 bridgehead atoms. The summed E-state index contributed by atoms with van der Waals surface area (Å²) in [6, 6.07) is 7.77. The van der Waals surface area contributed by atoms with E-state index in [0.717, 1.165) is 22.8 Å². The lowest BCUT2D eigenvalue weighted by molar-refractivity contribution is 0.414. The maximum atomic E-state index is 12.8. The molecule has 0 aliphatic carbocycles. The largest absolute Gasteiger partial charge is 0.497 e. The Hall–Kier alpha value is -2.56. The van der Waals surface area contributed by atoms with E-state index >= 15 is 0 Å². The second kappa shape index (κ2) is 6.91. The van der Waals surface area contributed by atoms with Crippen molar-refractivity contribution >= 4 is 5.52 Å². The lowest BCUT2D eigenvalue weighted by Crippen LogP contribution is -2.25. The molecule has 5 nitrogen and oxygen atoms in total. The molecule has 0 unspecified atom stereocenters. The van der Waals surface area contributed by atoms with Gasteiger partial charge >= 0.3 is 0 Å². The Kier molecular flexibility index (Phi) is 5.12. The van der Waals surface area contributed by atoms with Gasteiger partial charge in [-0.2, -0.15) is 0 Å². The van der Waals surface area contributed by atoms with E-state index in [-0.39, 0.29) is 18.9 Å². The summed E-state index contributed by atoms with van der Waals surface area (Å²) < 4.78 is 8.86. The highest BCUT2D eigenvalue weighted by molar-refractivity contribution is 5.45. The number of nitrogens with zero attached hydrogens (tertiary/aromatic N) is 3. The molecule has 3 aromatic rings. The quantitative estimate of drug-likeness (QED) is 0.735. The van der Waals surface area contributed by atoms with E-state index in [4.69, 9.17) is 4.74 Å². The molecule has 0 saturated carbocycles. The van der Waals surface area contributed by atoms with Crippen molar-refractivity contribution in [3.63, 3.8) is 0 Å². The van der Waals surface area contributed by atoms with E-state index in [0.29, 0.717) is 12.1 Å². The van der Waals surface area contributed by atoms with Crippen LogP contribution in [0.1, 0.15) is 44.3 Å². The number of aryl methyl sites for hydroxylation is 1. The Balaban J connectivity index is 0.00000208. The van der Waals surface area contributed by atoms with Crippen molar-refractivity contribution in [2.75, 3.05) is 7.11 Å². The van der Waals surface area contributed by atoms with Gasteiger partial charge in [0.2, 0.25) is 0 Å². The second-order valence-corrected chi connectivity index (χ2v) is 6.04. The van der Waals surface area contributed by atoms with Gasteiger partial charge in [0, 0.05) is 17.8 Å². The molecule has 2 heterocycles. The van der Waals surface area contributed by atoms with Crippen LogP contribution in [-0.4, -0.2) is 21.1 Å². The number of rotatable bonds is 4. The van der Waals surface area contributed by atoms with E-state index in [1.54, 1.807) is 17.9 Å². The smallest absolute Gasteiger partial charge is 0.276 e. The summed E-state index contributed by atoms with van der Waals surface area (Å²) in [7, 11) is 1.64. The van der Waals surface area contributed by atoms with E-state index in [9.17, 15) is 4.79 Å². The first-order chi connectivity index (χ1) is 11.0. The molecule has 0 saturated heterocycles. The van der Waals surface area contributed by atoms with Crippen LogP contribution < -0.4 is 10.3 Å². The molecule has 0 radical (unpaired) electrons. The van der Waals surface area contributed by atoms with Gasteiger partial charge in [-0.05, 0) is 24.6 Å². The van der Waals surface area contributed by atoms with Crippen LogP contribution >= 0.6 is 0 Å². The monoisotopic (exact) mass is 327 g/mol. The molecule has 3 rings (SSSR count). The first-order valence-electron chi connectivity index (χ1n) is 7.71. The summed E-state index contributed by atoms with van der Waals surface area (Å²) in [5.74, 6) is 2.00. The molecule has 1 aromatic carbocycles. The lowest BCUT2D eigenvalue weighted by atomic mass is 10.2. The normalized spacial score (nSPS) is 10.9. The average molecular weight is 327 g/mol. The average Bonchev–Trinajstić information content (AvgIpc) is 2.96. The minimum Gasteiger partial charge on any atom is -0.497 e. The number of hydrogen-bond acceptors (Lipinski definition) is 3. The fraction of sp³-hybridized carbons (Fsp3) is 0.368. The molecule has 5 heteroatoms. The zero-order valence-electron chi connectivity index (χ0n) is 13.9. The van der Waals surface area contributed by atoms with Crippen LogP contribution in [0.15, 0.2) is 41.5 Å². The number of imidazole rings is 1. The van der Waals surface area contributed by atoms with Crippen molar-refractivity contribution in [1.82, 2.24) is 14.0 Å². The fourth-order valence-corrected chi connectivity index (χ4v) is 2.76. The van der Waals surface area contributed by atoms with Gasteiger partial charge in [0.1, 0.15) is 17.1 Å². The maximum absolute atomic E-state index is 12.8. The molecule has 128 valence electrons. The van der Waals surface area contributed by atoms with Crippen molar-refractivity contribution in [3.05, 3.63) is 64.1 Å². The molecule has 0 amide bonds. The lowest BCUT2D eigenvalue weighted by Gasteiger charge is -2.13. The van der Waals surface area contributed by atoms with Crippen LogP contribution in [-0.2, 0) is 6.54 Å². The van der Waals surface area contributed by atoms with Gasteiger partial charge in [-0.25, -0.2) is 4.98 Å². The summed E-state index contributed by atoms with van der Waals surface area (Å²) in [6.45, 7) is 6.64. The van der Waals surface area contributed by atoms with Gasteiger partial charge in [-0.15, -0.1) is 0 Å². The van der Waals surface area contributed by atoms with Crippen molar-refractivity contribution in [3.8, 4) is 5.75 Å². The molecular weight excluding hydrogens is 302 g/mol. The Labute approximate surface area is 142 Å². The zero-order valence-corrected chi connectivity index (χ0v) is 13.9. The van der Waals surface area contributed by atoms with E-state index < -0.39 is 0 Å². The molecule has 0 N–H and O–H groups in total. The summed E-state index contributed by atoms with van der Waals surface area (Å²) in [5, 5.41) is 0. The molecule has 0 fully saturated rings. The number of hydrogen-bond donors (Lipinski definition) is 0. The van der Waals surface area contributed by atoms with Crippen molar-refractivity contribution < 1.29 is 4.74 Å². The Morgan fingerprint density at radius 3 is 2.46 bits per heavy atom. The third kappa shape index (κ3) is 3.07. The summed E-state index contributed by atoms with van der Waals surface area (Å²) >= 11 is 0. The summed E-state index contributed by atoms with van der Waals surface area (Å²) in [4.78, 5) is 17.2. The Morgan fingerprint density at radius 1 is 1.21 bits per heavy atom. The predicted molar refractivity (Wildman–Crippen MR) is 97.1 cm³/mol. The van der Waals surface area contributed by atoms with E-state index in [1.165, 1.54) is 0 Å². The minimum atomic E-state index is -0.0137. The van der Waals surface area contributed by atoms with Crippen LogP contribution in [0.2, 0.25) is 0 Å². The van der Waals surface area contributed by atoms with Crippen LogP contribution in [0.5, 0.6) is 5.75 Å². The van der Waals surface area contributed by atoms with E-state index in [2.05, 4.69) is 18.8 Å². The van der Waals surface area contributed by atoms with Crippen molar-refractivity contribution in [2.45, 2.75) is 40.7 Å². The number of benzene rings is 1. The van der Waals surface area contributed by atoms with Gasteiger partial charge in [0.05, 0.1) is 19.9 Å². The molecule has 24 heavy (non-hydrogen) atoms. The van der Waals surface area contributed by atoms with Gasteiger partial charge < -0.3 is 9.30 Å². The molecule has 0 atom stereocenters. The molecule has 2 aromatic heterocycles. The Bertz CT molecular complexity index is 889. The molecule has 0 aliphatic rings. The summed E-state index contributed by atoms with van der Waals surface area (Å²) in [6.07, 6.45) is 3.66. The van der Waals surface area contributed by atoms with Gasteiger partial charge in [-0.1, -0.05) is 33.4 Å². The maximum Gasteiger partial charge on any atom is 0.276 e. The fourth-order valence-electron chi connectivity index (χ4n) is 2.76. The third-order valence-corrected chi connectivity index (χ3v) is 4.05. The standard InChI is InChI=1S/C18H21N3O2.CH4/c1-12(2)17-19-9-16-18(22)20(13(3)10-21(16)17)11-14-5-7-15(23-4)8-6-14;/h5-10,12H,11H2,1-4H3;1H4. The number of methoxy groups -OCH3 is 1. The van der Waals surface area contributed by atoms with Gasteiger partial charge in [-0.3, -0.25) is 9.20 Å². The van der Waals surface area contributed by atoms with Gasteiger partial charge in [0.25, 0.3) is 5.56 Å². The molecule has 0 aliphatic heterocycles. The molecule has 0 spiro atoms. The number of fused-ring (bicyclic) bond motifs is 1. The highest BCUT2D eigenvalue weighted by Gasteiger charge is 2.13. The van der Waals surface area contributed by atoms with Crippen LogP contribution in [0.25, 0.3) is 5.52 Å². The highest BCUT2D eigenvalue weighted by atomic mass is 16.5. The third-order valence-electron chi connectivity index (χ3n) is 4.05. The highest BCUT2D eigenvalue weighted by Crippen LogP contribution is 2.16. The zero-order chi connectivity index (χ0) is 16.6. The van der Waals surface area contributed by atoms with Crippen LogP contribution in [0, 0.1) is 6.92 Å². The van der Waals surface area contributed by atoms with Crippen molar-refractivity contribution in [2.24, 2.45) is 0 Å². The minimum absolute atomic E-state index is 0. The number of ether oxygens (including phenoxy) is 1. The van der Waals surface area contributed by atoms with Crippen molar-refractivity contribution in [1.29, 1.82) is 0 Å². The van der Waals surface area contributed by atoms with E-state index in [1.807, 2.05) is 41.8 Å². The first kappa shape index (κ1) is 17.8. The Morgan fingerprint density at radius 2 is 1.88 bits per heavy atom. The first-order valence-corrected chi connectivity index (χ1v) is 7.71. The predicted octanol–water partition coefficient (Wildman–Crippen LogP) is 3.62.